The fourth-order valence-electron chi connectivity index (χ4n) is 8.42. The average molecular weight is 776 g/mol. The van der Waals surface area contributed by atoms with E-state index in [4.69, 9.17) is 19.2 Å². The molecule has 55 heavy (non-hydrogen) atoms. The predicted molar refractivity (Wildman–Crippen MR) is 189 cm³/mol. The highest BCUT2D eigenvalue weighted by molar-refractivity contribution is 6.04. The van der Waals surface area contributed by atoms with E-state index in [1.54, 1.807) is 48.5 Å². The number of nitrogens with one attached hydrogen (secondary N) is 1. The number of benzene rings is 1. The van der Waals surface area contributed by atoms with E-state index in [0.717, 1.165) is 18.9 Å². The standard InChI is InChI=1S/C38H42F5N5O7/c1-17-23(15-49)45-31-26-25(17)27(40)28(21-13-20(44-33(50)54-35(3,4)5)14-22(39)30(21)53-38(41,42)43)46-32(26)52-18(2)29-24-11-12-37(16-47(29)31,19-9-10-19)48(24)34(51)55-36(6,7)8/h13-15,18-19,24,29H,9-12,16H2,1-8H3,(H,44,50)/t18-,24-,29+,37+/m0/s1. The number of hydrogen-bond acceptors (Lipinski definition) is 10. The molecule has 4 aliphatic rings. The molecule has 3 fully saturated rings. The lowest BCUT2D eigenvalue weighted by molar-refractivity contribution is -0.275. The Kier molecular flexibility index (Phi) is 8.92. The van der Waals surface area contributed by atoms with Gasteiger partial charge in [0.15, 0.2) is 23.7 Å². The van der Waals surface area contributed by atoms with Crippen LogP contribution in [0.3, 0.4) is 0 Å². The molecule has 3 aliphatic heterocycles. The number of carbonyl (C=O) groups is 3. The van der Waals surface area contributed by atoms with Crippen LogP contribution in [-0.2, 0) is 9.47 Å². The SMILES string of the molecule is Cc1c(C=O)nc2c3c(nc(-c4cc(NC(=O)OC(C)(C)C)cc(F)c4OC(F)(F)F)c(F)c13)O[C@@H](C)[C@@H]1[C@@H]3CC[C@](C4CC4)(CN21)N3C(=O)OC(C)(C)C. The molecule has 4 atom stereocenters. The second-order valence-electron chi connectivity index (χ2n) is 16.7. The number of nitrogens with zero attached hydrogens (tertiary/aromatic N) is 4. The fraction of sp³-hybridized carbons (Fsp3) is 0.553. The topological polar surface area (TPSA) is 132 Å². The van der Waals surface area contributed by atoms with E-state index in [1.165, 1.54) is 6.92 Å². The summed E-state index contributed by atoms with van der Waals surface area (Å²) in [5.74, 6) is -4.17. The van der Waals surface area contributed by atoms with Crippen molar-refractivity contribution in [2.45, 2.75) is 122 Å². The Hall–Kier alpha value is -4.96. The molecule has 0 radical (unpaired) electrons. The summed E-state index contributed by atoms with van der Waals surface area (Å²) in [5.41, 5.74) is -4.58. The number of ether oxygens (including phenoxy) is 4. The van der Waals surface area contributed by atoms with Crippen LogP contribution in [0.15, 0.2) is 12.1 Å². The summed E-state index contributed by atoms with van der Waals surface area (Å²) in [4.78, 5) is 52.0. The van der Waals surface area contributed by atoms with Crippen molar-refractivity contribution in [3.05, 3.63) is 35.0 Å². The summed E-state index contributed by atoms with van der Waals surface area (Å²) >= 11 is 0. The highest BCUT2D eigenvalue weighted by Gasteiger charge is 2.65. The van der Waals surface area contributed by atoms with Gasteiger partial charge in [0.1, 0.15) is 34.5 Å². The third kappa shape index (κ3) is 6.83. The number of amides is 2. The van der Waals surface area contributed by atoms with Gasteiger partial charge in [0.2, 0.25) is 5.88 Å². The van der Waals surface area contributed by atoms with Crippen molar-refractivity contribution >= 4 is 40.8 Å². The number of carbonyl (C=O) groups excluding carboxylic acids is 3. The van der Waals surface area contributed by atoms with E-state index in [1.807, 2.05) is 9.80 Å². The molecule has 5 heterocycles. The zero-order chi connectivity index (χ0) is 40.2. The van der Waals surface area contributed by atoms with Crippen LogP contribution in [0.5, 0.6) is 11.6 Å². The number of hydrogen-bond donors (Lipinski definition) is 1. The van der Waals surface area contributed by atoms with Crippen molar-refractivity contribution in [3.63, 3.8) is 0 Å². The van der Waals surface area contributed by atoms with Gasteiger partial charge < -0.3 is 23.8 Å². The van der Waals surface area contributed by atoms with Gasteiger partial charge in [-0.25, -0.2) is 28.3 Å². The van der Waals surface area contributed by atoms with Crippen molar-refractivity contribution in [2.24, 2.45) is 5.92 Å². The fourth-order valence-corrected chi connectivity index (χ4v) is 8.42. The lowest BCUT2D eigenvalue weighted by atomic mass is 9.87. The van der Waals surface area contributed by atoms with Crippen LogP contribution in [0.1, 0.15) is 90.2 Å². The number of aromatic nitrogens is 2. The minimum absolute atomic E-state index is 0.0277. The highest BCUT2D eigenvalue weighted by atomic mass is 19.4. The first-order valence-corrected chi connectivity index (χ1v) is 18.1. The maximum atomic E-state index is 17.3. The van der Waals surface area contributed by atoms with Gasteiger partial charge in [-0.05, 0) is 98.6 Å². The predicted octanol–water partition coefficient (Wildman–Crippen LogP) is 8.46. The Balaban J connectivity index is 1.43. The Morgan fingerprint density at radius 1 is 1.00 bits per heavy atom. The molecule has 1 aliphatic carbocycles. The average Bonchev–Trinajstić information content (AvgIpc) is 3.86. The minimum atomic E-state index is -5.42. The minimum Gasteiger partial charge on any atom is -0.472 e. The smallest absolute Gasteiger partial charge is 0.472 e. The molecule has 3 aromatic rings. The van der Waals surface area contributed by atoms with Crippen molar-refractivity contribution < 1.29 is 55.3 Å². The molecule has 12 nitrogen and oxygen atoms in total. The normalized spacial score (nSPS) is 23.5. The van der Waals surface area contributed by atoms with Crippen LogP contribution >= 0.6 is 0 Å². The van der Waals surface area contributed by atoms with Crippen molar-refractivity contribution in [2.75, 3.05) is 16.8 Å². The molecule has 17 heteroatoms. The molecule has 0 unspecified atom stereocenters. The third-order valence-electron chi connectivity index (χ3n) is 10.4. The van der Waals surface area contributed by atoms with Gasteiger partial charge in [0.25, 0.3) is 0 Å². The highest BCUT2D eigenvalue weighted by Crippen LogP contribution is 2.57. The molecule has 296 valence electrons. The van der Waals surface area contributed by atoms with Gasteiger partial charge in [-0.3, -0.25) is 15.0 Å². The second kappa shape index (κ2) is 12.8. The molecule has 1 N–H and O–H groups in total. The van der Waals surface area contributed by atoms with Crippen LogP contribution in [0, 0.1) is 24.5 Å². The number of halogens is 5. The zero-order valence-corrected chi connectivity index (χ0v) is 31.6. The molecule has 7 rings (SSSR count). The molecule has 0 spiro atoms. The zero-order valence-electron chi connectivity index (χ0n) is 31.6. The maximum absolute atomic E-state index is 17.3. The first-order valence-electron chi connectivity index (χ1n) is 18.1. The van der Waals surface area contributed by atoms with E-state index in [-0.39, 0.29) is 51.9 Å². The maximum Gasteiger partial charge on any atom is 0.573 e. The molecular formula is C38H42F5N5O7. The third-order valence-corrected chi connectivity index (χ3v) is 10.4. The van der Waals surface area contributed by atoms with Crippen LogP contribution in [0.2, 0.25) is 0 Å². The summed E-state index contributed by atoms with van der Waals surface area (Å²) in [5, 5.41) is 2.07. The summed E-state index contributed by atoms with van der Waals surface area (Å²) in [6.45, 7) is 13.5. The lowest BCUT2D eigenvalue weighted by Crippen LogP contribution is -2.71. The van der Waals surface area contributed by atoms with E-state index in [9.17, 15) is 27.6 Å². The van der Waals surface area contributed by atoms with Crippen LogP contribution in [0.4, 0.5) is 43.0 Å². The van der Waals surface area contributed by atoms with Crippen LogP contribution < -0.4 is 19.7 Å². The van der Waals surface area contributed by atoms with E-state index in [0.29, 0.717) is 25.2 Å². The molecule has 2 aromatic heterocycles. The number of alkyl halides is 3. The first-order chi connectivity index (χ1) is 25.5. The molecule has 2 amide bonds. The van der Waals surface area contributed by atoms with Crippen LogP contribution in [0.25, 0.3) is 22.0 Å². The summed E-state index contributed by atoms with van der Waals surface area (Å²) in [6, 6.07) is 0.366. The van der Waals surface area contributed by atoms with Gasteiger partial charge >= 0.3 is 18.5 Å². The Morgan fingerprint density at radius 3 is 2.27 bits per heavy atom. The van der Waals surface area contributed by atoms with Crippen LogP contribution in [-0.4, -0.2) is 81.2 Å². The van der Waals surface area contributed by atoms with E-state index in [2.05, 4.69) is 15.0 Å². The second-order valence-corrected chi connectivity index (χ2v) is 16.7. The number of fused-ring (bicyclic) bond motifs is 5. The van der Waals surface area contributed by atoms with Crippen molar-refractivity contribution in [3.8, 4) is 22.9 Å². The Bertz CT molecular complexity index is 2110. The summed E-state index contributed by atoms with van der Waals surface area (Å²) < 4.78 is 95.8. The van der Waals surface area contributed by atoms with Gasteiger partial charge in [-0.1, -0.05) is 0 Å². The Morgan fingerprint density at radius 2 is 1.67 bits per heavy atom. The number of pyridine rings is 2. The number of aldehydes is 1. The van der Waals surface area contributed by atoms with E-state index < -0.39 is 82.1 Å². The first kappa shape index (κ1) is 38.3. The van der Waals surface area contributed by atoms with Gasteiger partial charge in [-0.15, -0.1) is 13.2 Å². The number of rotatable bonds is 5. The van der Waals surface area contributed by atoms with Crippen molar-refractivity contribution in [1.29, 1.82) is 0 Å². The number of aryl methyl sites for hydroxylation is 1. The van der Waals surface area contributed by atoms with Gasteiger partial charge in [-0.2, -0.15) is 0 Å². The molecule has 2 saturated heterocycles. The molecule has 2 bridgehead atoms. The van der Waals surface area contributed by atoms with Crippen molar-refractivity contribution in [1.82, 2.24) is 14.9 Å². The van der Waals surface area contributed by atoms with Gasteiger partial charge in [0, 0.05) is 23.7 Å². The van der Waals surface area contributed by atoms with E-state index >= 15 is 8.78 Å². The van der Waals surface area contributed by atoms with Gasteiger partial charge in [0.05, 0.1) is 28.6 Å². The number of anilines is 2. The quantitative estimate of drug-likeness (QED) is 0.199. The molecule has 1 saturated carbocycles. The molecular weight excluding hydrogens is 733 g/mol. The molecule has 1 aromatic carbocycles. The summed E-state index contributed by atoms with van der Waals surface area (Å²) in [6.07, 6.45) is -4.30. The summed E-state index contributed by atoms with van der Waals surface area (Å²) in [7, 11) is 0. The number of piperazine rings is 1. The monoisotopic (exact) mass is 775 g/mol. The largest absolute Gasteiger partial charge is 0.573 e. The lowest BCUT2D eigenvalue weighted by Gasteiger charge is -2.54. The Labute approximate surface area is 313 Å².